The van der Waals surface area contributed by atoms with Gasteiger partial charge in [0.05, 0.1) is 0 Å². The molecule has 0 saturated carbocycles. The zero-order chi connectivity index (χ0) is 9.84. The minimum absolute atomic E-state index is 0.0261. The molecule has 0 aliphatic heterocycles. The molecule has 0 spiro atoms. The van der Waals surface area contributed by atoms with Crippen LogP contribution in [-0.4, -0.2) is 5.11 Å². The Hall–Kier alpha value is -1.57. The van der Waals surface area contributed by atoms with Crippen LogP contribution in [0.3, 0.4) is 0 Å². The average Bonchev–Trinajstić information content (AvgIpc) is 2.03. The molecule has 1 nitrogen and oxygen atoms in total. The molecule has 1 rings (SSSR count). The Morgan fingerprint density at radius 1 is 1.54 bits per heavy atom. The quantitative estimate of drug-likeness (QED) is 0.544. The maximum atomic E-state index is 12.8. The summed E-state index contributed by atoms with van der Waals surface area (Å²) in [4.78, 5) is 0. The molecule has 0 fully saturated rings. The summed E-state index contributed by atoms with van der Waals surface area (Å²) in [5.74, 6) is -0.310. The van der Waals surface area contributed by atoms with Gasteiger partial charge in [0, 0.05) is 0 Å². The largest absolute Gasteiger partial charge is 0.509 e. The van der Waals surface area contributed by atoms with E-state index in [1.807, 2.05) is 0 Å². The van der Waals surface area contributed by atoms with Gasteiger partial charge in [0.2, 0.25) is 0 Å². The fourth-order valence-electron chi connectivity index (χ4n) is 1.07. The van der Waals surface area contributed by atoms with Gasteiger partial charge in [-0.15, -0.1) is 0 Å². The van der Waals surface area contributed by atoms with E-state index in [1.54, 1.807) is 19.1 Å². The van der Waals surface area contributed by atoms with Crippen molar-refractivity contribution in [1.82, 2.24) is 0 Å². The number of halogens is 1. The lowest BCUT2D eigenvalue weighted by atomic mass is 10.1. The van der Waals surface area contributed by atoms with Crippen molar-refractivity contribution in [2.24, 2.45) is 0 Å². The molecule has 1 N–H and O–H groups in total. The van der Waals surface area contributed by atoms with Crippen LogP contribution in [0.15, 0.2) is 42.7 Å². The molecule has 0 atom stereocenters. The monoisotopic (exact) mass is 178 g/mol. The van der Waals surface area contributed by atoms with Crippen molar-refractivity contribution in [2.75, 3.05) is 0 Å². The SMILES string of the molecule is C=C(O)/C=C(\C)c1cccc(F)c1. The number of hydrogen-bond donors (Lipinski definition) is 1. The zero-order valence-corrected chi connectivity index (χ0v) is 7.42. The highest BCUT2D eigenvalue weighted by atomic mass is 19.1. The van der Waals surface area contributed by atoms with E-state index >= 15 is 0 Å². The maximum absolute atomic E-state index is 12.8. The number of benzene rings is 1. The van der Waals surface area contributed by atoms with Crippen LogP contribution in [0.5, 0.6) is 0 Å². The first-order valence-corrected chi connectivity index (χ1v) is 3.91. The predicted octanol–water partition coefficient (Wildman–Crippen LogP) is 3.30. The van der Waals surface area contributed by atoms with Crippen LogP contribution in [-0.2, 0) is 0 Å². The molecule has 0 amide bonds. The van der Waals surface area contributed by atoms with Gasteiger partial charge in [0.1, 0.15) is 11.6 Å². The third kappa shape index (κ3) is 2.75. The van der Waals surface area contributed by atoms with Crippen molar-refractivity contribution in [1.29, 1.82) is 0 Å². The molecule has 2 heteroatoms. The van der Waals surface area contributed by atoms with E-state index in [4.69, 9.17) is 5.11 Å². The molecule has 13 heavy (non-hydrogen) atoms. The van der Waals surface area contributed by atoms with Crippen LogP contribution < -0.4 is 0 Å². The maximum Gasteiger partial charge on any atom is 0.123 e. The van der Waals surface area contributed by atoms with E-state index in [2.05, 4.69) is 6.58 Å². The van der Waals surface area contributed by atoms with Gasteiger partial charge in [-0.3, -0.25) is 0 Å². The summed E-state index contributed by atoms with van der Waals surface area (Å²) in [5, 5.41) is 8.89. The lowest BCUT2D eigenvalue weighted by Gasteiger charge is -2.00. The summed E-state index contributed by atoms with van der Waals surface area (Å²) in [6, 6.07) is 6.19. The van der Waals surface area contributed by atoms with Crippen molar-refractivity contribution in [3.63, 3.8) is 0 Å². The van der Waals surface area contributed by atoms with Gasteiger partial charge in [-0.05, 0) is 36.3 Å². The van der Waals surface area contributed by atoms with Crippen molar-refractivity contribution in [2.45, 2.75) is 6.92 Å². The molecule has 0 radical (unpaired) electrons. The number of rotatable bonds is 2. The summed E-state index contributed by atoms with van der Waals surface area (Å²) in [6.45, 7) is 5.12. The molecular weight excluding hydrogens is 167 g/mol. The highest BCUT2D eigenvalue weighted by Gasteiger charge is 1.97. The van der Waals surface area contributed by atoms with Crippen LogP contribution in [0.1, 0.15) is 12.5 Å². The molecule has 0 aliphatic carbocycles. The van der Waals surface area contributed by atoms with Gasteiger partial charge < -0.3 is 5.11 Å². The summed E-state index contributed by atoms with van der Waals surface area (Å²) in [7, 11) is 0. The Morgan fingerprint density at radius 2 is 2.23 bits per heavy atom. The Balaban J connectivity index is 3.02. The highest BCUT2D eigenvalue weighted by molar-refractivity contribution is 5.65. The molecule has 0 aromatic heterocycles. The fraction of sp³-hybridized carbons (Fsp3) is 0.0909. The molecule has 0 unspecified atom stereocenters. The molecule has 0 aliphatic rings. The first-order valence-electron chi connectivity index (χ1n) is 3.91. The molecule has 1 aromatic carbocycles. The molecule has 1 aromatic rings. The predicted molar refractivity (Wildman–Crippen MR) is 51.8 cm³/mol. The smallest absolute Gasteiger partial charge is 0.123 e. The van der Waals surface area contributed by atoms with Gasteiger partial charge in [0.15, 0.2) is 0 Å². The second-order valence-electron chi connectivity index (χ2n) is 2.83. The first kappa shape index (κ1) is 9.52. The van der Waals surface area contributed by atoms with Crippen LogP contribution in [0.4, 0.5) is 4.39 Å². The van der Waals surface area contributed by atoms with Crippen LogP contribution >= 0.6 is 0 Å². The molecule has 68 valence electrons. The fourth-order valence-corrected chi connectivity index (χ4v) is 1.07. The molecule has 0 heterocycles. The standard InChI is InChI=1S/C11H11FO/c1-8(6-9(2)13)10-4-3-5-11(12)7-10/h3-7,13H,2H2,1H3/b8-6+. The first-order chi connectivity index (χ1) is 6.09. The Kier molecular flexibility index (Phi) is 2.85. The van der Waals surface area contributed by atoms with Crippen LogP contribution in [0.2, 0.25) is 0 Å². The molecular formula is C11H11FO. The second-order valence-corrected chi connectivity index (χ2v) is 2.83. The van der Waals surface area contributed by atoms with E-state index in [-0.39, 0.29) is 11.6 Å². The van der Waals surface area contributed by atoms with Crippen LogP contribution in [0.25, 0.3) is 5.57 Å². The Bertz CT molecular complexity index is 353. The third-order valence-electron chi connectivity index (χ3n) is 1.66. The van der Waals surface area contributed by atoms with E-state index < -0.39 is 0 Å². The van der Waals surface area contributed by atoms with Crippen molar-refractivity contribution < 1.29 is 9.50 Å². The third-order valence-corrected chi connectivity index (χ3v) is 1.66. The lowest BCUT2D eigenvalue weighted by molar-refractivity contribution is 0.435. The van der Waals surface area contributed by atoms with Gasteiger partial charge in [-0.1, -0.05) is 18.7 Å². The summed E-state index contributed by atoms with van der Waals surface area (Å²) >= 11 is 0. The van der Waals surface area contributed by atoms with E-state index in [0.717, 1.165) is 11.1 Å². The summed E-state index contributed by atoms with van der Waals surface area (Å²) in [5.41, 5.74) is 1.53. The Labute approximate surface area is 76.8 Å². The number of aliphatic hydroxyl groups is 1. The molecule has 0 saturated heterocycles. The van der Waals surface area contributed by atoms with Crippen molar-refractivity contribution >= 4 is 5.57 Å². The number of allylic oxidation sites excluding steroid dienone is 2. The van der Waals surface area contributed by atoms with Gasteiger partial charge in [0.25, 0.3) is 0 Å². The second kappa shape index (κ2) is 3.90. The van der Waals surface area contributed by atoms with Crippen LogP contribution in [0, 0.1) is 5.82 Å². The zero-order valence-electron chi connectivity index (χ0n) is 7.42. The van der Waals surface area contributed by atoms with Crippen molar-refractivity contribution in [3.8, 4) is 0 Å². The van der Waals surface area contributed by atoms with E-state index in [0.29, 0.717) is 0 Å². The summed E-state index contributed by atoms with van der Waals surface area (Å²) < 4.78 is 12.8. The van der Waals surface area contributed by atoms with Gasteiger partial charge in [-0.25, -0.2) is 4.39 Å². The Morgan fingerprint density at radius 3 is 2.77 bits per heavy atom. The number of hydrogen-bond acceptors (Lipinski definition) is 1. The van der Waals surface area contributed by atoms with E-state index in [1.165, 1.54) is 18.2 Å². The topological polar surface area (TPSA) is 20.2 Å². The highest BCUT2D eigenvalue weighted by Crippen LogP contribution is 2.15. The minimum atomic E-state index is -0.284. The minimum Gasteiger partial charge on any atom is -0.509 e. The lowest BCUT2D eigenvalue weighted by Crippen LogP contribution is -1.82. The van der Waals surface area contributed by atoms with Gasteiger partial charge >= 0.3 is 0 Å². The average molecular weight is 178 g/mol. The normalized spacial score (nSPS) is 11.4. The summed E-state index contributed by atoms with van der Waals surface area (Å²) in [6.07, 6.45) is 1.49. The van der Waals surface area contributed by atoms with E-state index in [9.17, 15) is 4.39 Å². The number of aliphatic hydroxyl groups excluding tert-OH is 1. The molecule has 0 bridgehead atoms. The van der Waals surface area contributed by atoms with Crippen molar-refractivity contribution in [3.05, 3.63) is 54.1 Å². The van der Waals surface area contributed by atoms with Gasteiger partial charge in [-0.2, -0.15) is 0 Å².